The maximum atomic E-state index is 8.53. The van der Waals surface area contributed by atoms with Crippen LogP contribution in [0.3, 0.4) is 0 Å². The van der Waals surface area contributed by atoms with Gasteiger partial charge in [0.15, 0.2) is 0 Å². The molecule has 5 heteroatoms. The summed E-state index contributed by atoms with van der Waals surface area (Å²) in [6, 6.07) is 5.36. The van der Waals surface area contributed by atoms with Crippen LogP contribution in [0.25, 0.3) is 11.1 Å². The lowest BCUT2D eigenvalue weighted by molar-refractivity contribution is 1.11. The third-order valence-electron chi connectivity index (χ3n) is 1.81. The van der Waals surface area contributed by atoms with Crippen molar-refractivity contribution in [3.05, 3.63) is 41.7 Å². The zero-order valence-electron chi connectivity index (χ0n) is 7.55. The maximum absolute atomic E-state index is 8.53. The molecule has 0 N–H and O–H groups in total. The Hall–Kier alpha value is -1.99. The zero-order valence-corrected chi connectivity index (χ0v) is 8.31. The molecule has 0 saturated carbocycles. The molecule has 2 aromatic rings. The maximum Gasteiger partial charge on any atom is 0.232 e. The predicted octanol–water partition coefficient (Wildman–Crippen LogP) is 2.06. The Morgan fingerprint density at radius 3 is 2.20 bits per heavy atom. The van der Waals surface area contributed by atoms with Crippen molar-refractivity contribution in [3.8, 4) is 17.2 Å². The highest BCUT2D eigenvalue weighted by atomic mass is 35.5. The van der Waals surface area contributed by atoms with Crippen LogP contribution in [0.5, 0.6) is 0 Å². The van der Waals surface area contributed by atoms with E-state index in [1.54, 1.807) is 24.7 Å². The first-order valence-electron chi connectivity index (χ1n) is 4.13. The largest absolute Gasteiger partial charge is 0.244 e. The fraction of sp³-hybridized carbons (Fsp3) is 0. The summed E-state index contributed by atoms with van der Waals surface area (Å²) in [5, 5.41) is 8.97. The minimum absolute atomic E-state index is 0.153. The summed E-state index contributed by atoms with van der Waals surface area (Å²) in [4.78, 5) is 11.7. The second-order valence-electron chi connectivity index (χ2n) is 2.78. The number of nitrogens with zero attached hydrogens (tertiary/aromatic N) is 4. The third-order valence-corrected chi connectivity index (χ3v) is 2.04. The zero-order chi connectivity index (χ0) is 10.7. The Balaban J connectivity index is 2.38. The summed E-state index contributed by atoms with van der Waals surface area (Å²) in [5.41, 5.74) is 1.67. The smallest absolute Gasteiger partial charge is 0.232 e. The van der Waals surface area contributed by atoms with Gasteiger partial charge in [-0.15, -0.1) is 0 Å². The summed E-state index contributed by atoms with van der Waals surface area (Å²) < 4.78 is 0. The molecule has 0 amide bonds. The summed E-state index contributed by atoms with van der Waals surface area (Å²) in [6.07, 6.45) is 4.79. The monoisotopic (exact) mass is 216 g/mol. The third kappa shape index (κ3) is 2.09. The van der Waals surface area contributed by atoms with Gasteiger partial charge >= 0.3 is 0 Å². The van der Waals surface area contributed by atoms with Gasteiger partial charge in [0.05, 0.1) is 0 Å². The van der Waals surface area contributed by atoms with E-state index in [-0.39, 0.29) is 5.82 Å². The van der Waals surface area contributed by atoms with Crippen molar-refractivity contribution < 1.29 is 0 Å². The lowest BCUT2D eigenvalue weighted by Gasteiger charge is -1.99. The molecule has 2 rings (SSSR count). The Bertz CT molecular complexity index is 498. The quantitative estimate of drug-likeness (QED) is 0.685. The van der Waals surface area contributed by atoms with Gasteiger partial charge in [0.1, 0.15) is 11.2 Å². The highest BCUT2D eigenvalue weighted by Crippen LogP contribution is 2.17. The summed E-state index contributed by atoms with van der Waals surface area (Å²) in [7, 11) is 0. The second-order valence-corrected chi connectivity index (χ2v) is 3.16. The number of hydrogen-bond donors (Lipinski definition) is 0. The normalized spacial score (nSPS) is 9.60. The predicted molar refractivity (Wildman–Crippen MR) is 55.0 cm³/mol. The van der Waals surface area contributed by atoms with Gasteiger partial charge < -0.3 is 0 Å². The number of pyridine rings is 1. The number of nitriles is 1. The first kappa shape index (κ1) is 9.56. The van der Waals surface area contributed by atoms with E-state index in [2.05, 4.69) is 15.0 Å². The van der Waals surface area contributed by atoms with Crippen LogP contribution in [0, 0.1) is 11.3 Å². The summed E-state index contributed by atoms with van der Waals surface area (Å²) in [5.74, 6) is 0.153. The molecular formula is C10H5ClN4. The molecule has 15 heavy (non-hydrogen) atoms. The molecule has 0 spiro atoms. The van der Waals surface area contributed by atoms with Crippen molar-refractivity contribution in [1.82, 2.24) is 15.0 Å². The standard InChI is InChI=1S/C10H5ClN4/c11-9-2-1-7(4-13-9)8-5-14-10(3-12)15-6-8/h1-2,4-6H. The van der Waals surface area contributed by atoms with E-state index in [1.807, 2.05) is 12.1 Å². The molecule has 2 heterocycles. The summed E-state index contributed by atoms with van der Waals surface area (Å²) >= 11 is 5.66. The van der Waals surface area contributed by atoms with Gasteiger partial charge in [0, 0.05) is 29.7 Å². The number of hydrogen-bond acceptors (Lipinski definition) is 4. The Labute approximate surface area is 91.2 Å². The van der Waals surface area contributed by atoms with Crippen LogP contribution in [0.1, 0.15) is 5.82 Å². The van der Waals surface area contributed by atoms with Gasteiger partial charge in [-0.1, -0.05) is 11.6 Å². The molecule has 0 aromatic carbocycles. The van der Waals surface area contributed by atoms with E-state index in [9.17, 15) is 0 Å². The first-order chi connectivity index (χ1) is 7.29. The summed E-state index contributed by atoms with van der Waals surface area (Å²) in [6.45, 7) is 0. The Kier molecular flexibility index (Phi) is 2.57. The molecule has 0 unspecified atom stereocenters. The molecule has 0 aliphatic carbocycles. The fourth-order valence-corrected chi connectivity index (χ4v) is 1.19. The minimum atomic E-state index is 0.153. The Morgan fingerprint density at radius 2 is 1.67 bits per heavy atom. The van der Waals surface area contributed by atoms with Gasteiger partial charge in [-0.05, 0) is 12.1 Å². The van der Waals surface area contributed by atoms with E-state index in [0.717, 1.165) is 11.1 Å². The van der Waals surface area contributed by atoms with Crippen molar-refractivity contribution in [3.63, 3.8) is 0 Å². The van der Waals surface area contributed by atoms with Crippen molar-refractivity contribution in [2.24, 2.45) is 0 Å². The second kappa shape index (κ2) is 4.03. The molecule has 0 bridgehead atoms. The molecule has 4 nitrogen and oxygen atoms in total. The van der Waals surface area contributed by atoms with Crippen molar-refractivity contribution >= 4 is 11.6 Å². The average Bonchev–Trinajstić information content (AvgIpc) is 2.30. The van der Waals surface area contributed by atoms with Gasteiger partial charge in [0.2, 0.25) is 5.82 Å². The lowest BCUT2D eigenvalue weighted by atomic mass is 10.2. The van der Waals surface area contributed by atoms with E-state index in [0.29, 0.717) is 5.15 Å². The van der Waals surface area contributed by atoms with Crippen LogP contribution in [0.15, 0.2) is 30.7 Å². The lowest BCUT2D eigenvalue weighted by Crippen LogP contribution is -1.89. The first-order valence-corrected chi connectivity index (χ1v) is 4.51. The van der Waals surface area contributed by atoms with Crippen molar-refractivity contribution in [1.29, 1.82) is 5.26 Å². The molecule has 0 aliphatic rings. The van der Waals surface area contributed by atoms with Crippen LogP contribution < -0.4 is 0 Å². The number of aromatic nitrogens is 3. The molecule has 72 valence electrons. The average molecular weight is 217 g/mol. The van der Waals surface area contributed by atoms with Crippen LogP contribution in [-0.2, 0) is 0 Å². The van der Waals surface area contributed by atoms with Gasteiger partial charge in [-0.2, -0.15) is 5.26 Å². The van der Waals surface area contributed by atoms with Gasteiger partial charge in [-0.3, -0.25) is 0 Å². The highest BCUT2D eigenvalue weighted by molar-refractivity contribution is 6.29. The van der Waals surface area contributed by atoms with Gasteiger partial charge in [0.25, 0.3) is 0 Å². The molecule has 2 aromatic heterocycles. The van der Waals surface area contributed by atoms with E-state index < -0.39 is 0 Å². The minimum Gasteiger partial charge on any atom is -0.244 e. The molecule has 0 saturated heterocycles. The van der Waals surface area contributed by atoms with Crippen LogP contribution in [-0.4, -0.2) is 15.0 Å². The topological polar surface area (TPSA) is 62.5 Å². The van der Waals surface area contributed by atoms with Crippen LogP contribution in [0.4, 0.5) is 0 Å². The van der Waals surface area contributed by atoms with Crippen LogP contribution >= 0.6 is 11.6 Å². The van der Waals surface area contributed by atoms with Gasteiger partial charge in [-0.25, -0.2) is 15.0 Å². The highest BCUT2D eigenvalue weighted by Gasteiger charge is 2.00. The van der Waals surface area contributed by atoms with E-state index in [4.69, 9.17) is 16.9 Å². The SMILES string of the molecule is N#Cc1ncc(-c2ccc(Cl)nc2)cn1. The molecule has 0 radical (unpaired) electrons. The van der Waals surface area contributed by atoms with Crippen LogP contribution in [0.2, 0.25) is 5.15 Å². The molecule has 0 aliphatic heterocycles. The van der Waals surface area contributed by atoms with E-state index >= 15 is 0 Å². The van der Waals surface area contributed by atoms with E-state index in [1.165, 1.54) is 0 Å². The molecule has 0 fully saturated rings. The number of halogens is 1. The fourth-order valence-electron chi connectivity index (χ4n) is 1.08. The number of rotatable bonds is 1. The Morgan fingerprint density at radius 1 is 1.00 bits per heavy atom. The molecule has 0 atom stereocenters. The molecular weight excluding hydrogens is 212 g/mol. The van der Waals surface area contributed by atoms with Crippen molar-refractivity contribution in [2.75, 3.05) is 0 Å². The van der Waals surface area contributed by atoms with Crippen molar-refractivity contribution in [2.45, 2.75) is 0 Å².